The average Bonchev–Trinajstić information content (AvgIpc) is 2.38. The van der Waals surface area contributed by atoms with E-state index in [0.717, 1.165) is 11.8 Å². The number of aromatic nitrogens is 1. The molecule has 0 bridgehead atoms. The molecule has 0 unspecified atom stereocenters. The zero-order valence-corrected chi connectivity index (χ0v) is 10.5. The van der Waals surface area contributed by atoms with E-state index in [1.54, 1.807) is 24.1 Å². The highest BCUT2D eigenvalue weighted by atomic mass is 19.1. The highest BCUT2D eigenvalue weighted by Crippen LogP contribution is 2.19. The van der Waals surface area contributed by atoms with E-state index in [0.29, 0.717) is 17.9 Å². The van der Waals surface area contributed by atoms with Crippen LogP contribution in [0.15, 0.2) is 36.5 Å². The first-order valence-corrected chi connectivity index (χ1v) is 5.81. The van der Waals surface area contributed by atoms with E-state index in [1.807, 2.05) is 0 Å². The van der Waals surface area contributed by atoms with Gasteiger partial charge in [-0.05, 0) is 23.8 Å². The Morgan fingerprint density at radius 1 is 1.21 bits per heavy atom. The van der Waals surface area contributed by atoms with Gasteiger partial charge in [0, 0.05) is 19.2 Å². The van der Waals surface area contributed by atoms with Crippen LogP contribution in [0.2, 0.25) is 0 Å². The zero-order chi connectivity index (χ0) is 13.8. The van der Waals surface area contributed by atoms with Gasteiger partial charge in [0.1, 0.15) is 17.5 Å². The maximum Gasteiger partial charge on any atom is 0.142 e. The molecule has 5 heteroatoms. The molecule has 19 heavy (non-hydrogen) atoms. The van der Waals surface area contributed by atoms with E-state index in [-0.39, 0.29) is 12.4 Å². The average molecular weight is 264 g/mol. The van der Waals surface area contributed by atoms with Crippen LogP contribution in [0.3, 0.4) is 0 Å². The van der Waals surface area contributed by atoms with Crippen molar-refractivity contribution in [3.05, 3.63) is 59.3 Å². The van der Waals surface area contributed by atoms with Crippen molar-refractivity contribution in [3.8, 4) is 0 Å². The predicted octanol–water partition coefficient (Wildman–Crippen LogP) is 2.49. The Hall–Kier alpha value is -2.01. The van der Waals surface area contributed by atoms with Gasteiger partial charge in [0.05, 0.1) is 12.8 Å². The third-order valence-corrected chi connectivity index (χ3v) is 2.75. The Morgan fingerprint density at radius 3 is 2.68 bits per heavy atom. The molecule has 1 N–H and O–H groups in total. The standard InChI is InChI=1S/C14H14F2N2O/c1-18(8-10-3-2-4-12(15)5-10)14-11(9-19)6-13(16)7-17-14/h2-7,19H,8-9H2,1H3. The summed E-state index contributed by atoms with van der Waals surface area (Å²) in [6.45, 7) is 0.122. The molecule has 0 atom stereocenters. The predicted molar refractivity (Wildman–Crippen MR) is 68.6 cm³/mol. The number of aliphatic hydroxyl groups excluding tert-OH is 1. The summed E-state index contributed by atoms with van der Waals surface area (Å²) in [5.74, 6) is -0.319. The summed E-state index contributed by atoms with van der Waals surface area (Å²) in [5, 5.41) is 9.21. The van der Waals surface area contributed by atoms with Crippen molar-refractivity contribution in [1.29, 1.82) is 0 Å². The lowest BCUT2D eigenvalue weighted by molar-refractivity contribution is 0.281. The summed E-state index contributed by atoms with van der Waals surface area (Å²) in [6.07, 6.45) is 1.09. The van der Waals surface area contributed by atoms with Crippen LogP contribution >= 0.6 is 0 Å². The van der Waals surface area contributed by atoms with Crippen LogP contribution in [0.5, 0.6) is 0 Å². The molecule has 1 aromatic carbocycles. The maximum atomic E-state index is 13.1. The zero-order valence-electron chi connectivity index (χ0n) is 10.5. The lowest BCUT2D eigenvalue weighted by atomic mass is 10.2. The van der Waals surface area contributed by atoms with Crippen molar-refractivity contribution in [3.63, 3.8) is 0 Å². The molecule has 0 aliphatic rings. The van der Waals surface area contributed by atoms with E-state index >= 15 is 0 Å². The normalized spacial score (nSPS) is 10.5. The smallest absolute Gasteiger partial charge is 0.142 e. The molecule has 0 amide bonds. The minimum Gasteiger partial charge on any atom is -0.392 e. The van der Waals surface area contributed by atoms with Crippen LogP contribution in [0.1, 0.15) is 11.1 Å². The molecule has 0 saturated heterocycles. The molecule has 0 spiro atoms. The quantitative estimate of drug-likeness (QED) is 0.921. The fraction of sp³-hybridized carbons (Fsp3) is 0.214. The number of anilines is 1. The second kappa shape index (κ2) is 5.75. The first kappa shape index (κ1) is 13.4. The van der Waals surface area contributed by atoms with Gasteiger partial charge in [-0.15, -0.1) is 0 Å². The molecule has 0 aliphatic carbocycles. The second-order valence-corrected chi connectivity index (χ2v) is 4.28. The van der Waals surface area contributed by atoms with E-state index in [1.165, 1.54) is 18.2 Å². The van der Waals surface area contributed by atoms with Gasteiger partial charge in [0.15, 0.2) is 0 Å². The molecule has 1 aromatic heterocycles. The van der Waals surface area contributed by atoms with Gasteiger partial charge in [-0.2, -0.15) is 0 Å². The molecule has 0 aliphatic heterocycles. The number of pyridine rings is 1. The molecule has 0 fully saturated rings. The van der Waals surface area contributed by atoms with Crippen LogP contribution in [0.25, 0.3) is 0 Å². The Balaban J connectivity index is 2.22. The third kappa shape index (κ3) is 3.26. The Labute approximate surface area is 110 Å². The number of hydrogen-bond acceptors (Lipinski definition) is 3. The van der Waals surface area contributed by atoms with Crippen LogP contribution < -0.4 is 4.90 Å². The number of hydrogen-bond donors (Lipinski definition) is 1. The number of halogens is 2. The fourth-order valence-corrected chi connectivity index (χ4v) is 1.92. The molecule has 2 aromatic rings. The van der Waals surface area contributed by atoms with Gasteiger partial charge < -0.3 is 10.0 Å². The summed E-state index contributed by atoms with van der Waals surface area (Å²) in [5.41, 5.74) is 1.18. The van der Waals surface area contributed by atoms with Crippen LogP contribution in [0.4, 0.5) is 14.6 Å². The highest BCUT2D eigenvalue weighted by molar-refractivity contribution is 5.46. The SMILES string of the molecule is CN(Cc1cccc(F)c1)c1ncc(F)cc1CO. The van der Waals surface area contributed by atoms with Crippen LogP contribution in [-0.4, -0.2) is 17.1 Å². The van der Waals surface area contributed by atoms with E-state index in [4.69, 9.17) is 0 Å². The fourth-order valence-electron chi connectivity index (χ4n) is 1.92. The first-order valence-electron chi connectivity index (χ1n) is 5.81. The van der Waals surface area contributed by atoms with Crippen molar-refractivity contribution in [2.24, 2.45) is 0 Å². The lowest BCUT2D eigenvalue weighted by Crippen LogP contribution is -2.19. The molecule has 0 radical (unpaired) electrons. The van der Waals surface area contributed by atoms with Gasteiger partial charge in [0.25, 0.3) is 0 Å². The summed E-state index contributed by atoms with van der Waals surface area (Å²) < 4.78 is 26.1. The van der Waals surface area contributed by atoms with Crippen LogP contribution in [-0.2, 0) is 13.2 Å². The van der Waals surface area contributed by atoms with E-state index < -0.39 is 5.82 Å². The van der Waals surface area contributed by atoms with Gasteiger partial charge in [-0.25, -0.2) is 13.8 Å². The van der Waals surface area contributed by atoms with Gasteiger partial charge in [-0.1, -0.05) is 12.1 Å². The molecule has 0 saturated carbocycles. The lowest BCUT2D eigenvalue weighted by Gasteiger charge is -2.20. The van der Waals surface area contributed by atoms with Crippen molar-refractivity contribution in [1.82, 2.24) is 4.98 Å². The molecule has 100 valence electrons. The van der Waals surface area contributed by atoms with Gasteiger partial charge in [0.2, 0.25) is 0 Å². The number of rotatable bonds is 4. The minimum absolute atomic E-state index is 0.298. The summed E-state index contributed by atoms with van der Waals surface area (Å²) in [7, 11) is 1.75. The maximum absolute atomic E-state index is 13.1. The number of benzene rings is 1. The van der Waals surface area contributed by atoms with Crippen molar-refractivity contribution < 1.29 is 13.9 Å². The summed E-state index contributed by atoms with van der Waals surface area (Å²) in [4.78, 5) is 5.70. The van der Waals surface area contributed by atoms with Gasteiger partial charge in [-0.3, -0.25) is 0 Å². The third-order valence-electron chi connectivity index (χ3n) is 2.75. The van der Waals surface area contributed by atoms with E-state index in [2.05, 4.69) is 4.98 Å². The number of nitrogens with zero attached hydrogens (tertiary/aromatic N) is 2. The van der Waals surface area contributed by atoms with E-state index in [9.17, 15) is 13.9 Å². The second-order valence-electron chi connectivity index (χ2n) is 4.28. The molecular weight excluding hydrogens is 250 g/mol. The van der Waals surface area contributed by atoms with Gasteiger partial charge >= 0.3 is 0 Å². The Morgan fingerprint density at radius 2 is 2.00 bits per heavy atom. The minimum atomic E-state index is -0.494. The summed E-state index contributed by atoms with van der Waals surface area (Å²) in [6, 6.07) is 7.47. The Kier molecular flexibility index (Phi) is 4.06. The highest BCUT2D eigenvalue weighted by Gasteiger charge is 2.10. The molecule has 3 nitrogen and oxygen atoms in total. The first-order chi connectivity index (χ1) is 9.10. The molecule has 2 rings (SSSR count). The van der Waals surface area contributed by atoms with Crippen molar-refractivity contribution in [2.45, 2.75) is 13.2 Å². The largest absolute Gasteiger partial charge is 0.392 e. The van der Waals surface area contributed by atoms with Crippen molar-refractivity contribution >= 4 is 5.82 Å². The van der Waals surface area contributed by atoms with Crippen LogP contribution in [0, 0.1) is 11.6 Å². The Bertz CT molecular complexity index is 575. The number of aliphatic hydroxyl groups is 1. The molecular formula is C14H14F2N2O. The molecule has 1 heterocycles. The summed E-state index contributed by atoms with van der Waals surface area (Å²) >= 11 is 0. The van der Waals surface area contributed by atoms with Crippen molar-refractivity contribution in [2.75, 3.05) is 11.9 Å². The topological polar surface area (TPSA) is 36.4 Å². The monoisotopic (exact) mass is 264 g/mol.